The maximum absolute atomic E-state index is 13.6. The highest BCUT2D eigenvalue weighted by Crippen LogP contribution is 2.29. The number of thiophene rings is 1. The van der Waals surface area contributed by atoms with Gasteiger partial charge in [-0.05, 0) is 49.2 Å². The van der Waals surface area contributed by atoms with Crippen LogP contribution in [0, 0.1) is 13.8 Å². The van der Waals surface area contributed by atoms with Gasteiger partial charge < -0.3 is 10.2 Å². The highest BCUT2D eigenvalue weighted by Gasteiger charge is 2.25. The molecule has 0 bridgehead atoms. The Labute approximate surface area is 210 Å². The molecule has 0 saturated heterocycles. The van der Waals surface area contributed by atoms with Crippen LogP contribution >= 0.6 is 22.9 Å². The fourth-order valence-corrected chi connectivity index (χ4v) is 5.25. The molecular weight excluding hydrogens is 488 g/mol. The highest BCUT2D eigenvalue weighted by atomic mass is 35.5. The maximum atomic E-state index is 13.6. The molecule has 0 aliphatic carbocycles. The number of halogens is 1. The van der Waals surface area contributed by atoms with Gasteiger partial charge in [-0.3, -0.25) is 19.0 Å². The first-order valence-corrected chi connectivity index (χ1v) is 11.9. The van der Waals surface area contributed by atoms with Crippen LogP contribution in [0.1, 0.15) is 20.8 Å². The number of hydrogen-bond acceptors (Lipinski definition) is 5. The molecule has 0 aliphatic heterocycles. The van der Waals surface area contributed by atoms with Gasteiger partial charge in [0, 0.05) is 24.8 Å². The minimum atomic E-state index is -0.670. The molecule has 8 nitrogen and oxygen atoms in total. The number of nitrogens with one attached hydrogen (secondary N) is 1. The van der Waals surface area contributed by atoms with E-state index < -0.39 is 17.2 Å². The number of carbonyl (C=O) groups excluding carboxylic acids is 2. The number of hydrogen-bond donors (Lipinski definition) is 1. The van der Waals surface area contributed by atoms with Crippen LogP contribution in [-0.4, -0.2) is 39.9 Å². The first-order chi connectivity index (χ1) is 16.6. The second kappa shape index (κ2) is 9.52. The lowest BCUT2D eigenvalue weighted by atomic mass is 10.2. The number of nitrogens with zero attached hydrogens (tertiary/aromatic N) is 3. The van der Waals surface area contributed by atoms with Gasteiger partial charge in [0.15, 0.2) is 0 Å². The van der Waals surface area contributed by atoms with Gasteiger partial charge in [-0.2, -0.15) is 0 Å². The Bertz CT molecular complexity index is 1590. The number of rotatable bonds is 5. The predicted octanol–water partition coefficient (Wildman–Crippen LogP) is 3.82. The second-order valence-electron chi connectivity index (χ2n) is 8.29. The quantitative estimate of drug-likeness (QED) is 0.441. The average molecular weight is 511 g/mol. The SMILES string of the molecule is Cc1ccc(Cl)cc1NC(=O)Cn1c(=O)n(-c2ccccc2)c(=O)c2c(C)c(C(=O)N(C)C)sc21. The van der Waals surface area contributed by atoms with E-state index >= 15 is 0 Å². The van der Waals surface area contributed by atoms with Gasteiger partial charge >= 0.3 is 5.69 Å². The summed E-state index contributed by atoms with van der Waals surface area (Å²) in [6.45, 7) is 3.15. The fraction of sp³-hybridized carbons (Fsp3) is 0.200. The van der Waals surface area contributed by atoms with Crippen molar-refractivity contribution in [1.82, 2.24) is 14.0 Å². The van der Waals surface area contributed by atoms with Gasteiger partial charge in [0.1, 0.15) is 11.4 Å². The Kier molecular flexibility index (Phi) is 6.64. The van der Waals surface area contributed by atoms with E-state index in [4.69, 9.17) is 11.6 Å². The molecule has 0 atom stereocenters. The molecule has 4 rings (SSSR count). The minimum absolute atomic E-state index is 0.232. The molecule has 0 fully saturated rings. The second-order valence-corrected chi connectivity index (χ2v) is 9.72. The lowest BCUT2D eigenvalue weighted by Gasteiger charge is -2.13. The molecule has 2 aromatic heterocycles. The fourth-order valence-electron chi connectivity index (χ4n) is 3.76. The standard InChI is InChI=1S/C25H23ClN4O4S/c1-14-10-11-16(26)12-18(14)27-19(31)13-29-24-20(15(2)21(35-24)23(33)28(3)4)22(32)30(25(29)34)17-8-6-5-7-9-17/h5-12H,13H2,1-4H3,(H,27,31). The first kappa shape index (κ1) is 24.4. The van der Waals surface area contributed by atoms with Crippen molar-refractivity contribution in [2.45, 2.75) is 20.4 Å². The summed E-state index contributed by atoms with van der Waals surface area (Å²) in [4.78, 5) is 54.9. The summed E-state index contributed by atoms with van der Waals surface area (Å²) in [5, 5.41) is 3.48. The smallest absolute Gasteiger partial charge is 0.337 e. The topological polar surface area (TPSA) is 93.4 Å². The molecule has 4 aromatic rings. The molecule has 0 unspecified atom stereocenters. The lowest BCUT2D eigenvalue weighted by Crippen LogP contribution is -2.40. The monoisotopic (exact) mass is 510 g/mol. The van der Waals surface area contributed by atoms with Crippen molar-refractivity contribution in [2.75, 3.05) is 19.4 Å². The van der Waals surface area contributed by atoms with E-state index in [1.165, 1.54) is 9.47 Å². The Morgan fingerprint density at radius 3 is 2.40 bits per heavy atom. The van der Waals surface area contributed by atoms with Crippen LogP contribution in [0.25, 0.3) is 15.9 Å². The van der Waals surface area contributed by atoms with Crippen LogP contribution < -0.4 is 16.6 Å². The number of aryl methyl sites for hydroxylation is 2. The number of anilines is 1. The van der Waals surface area contributed by atoms with Crippen LogP contribution in [0.15, 0.2) is 58.1 Å². The van der Waals surface area contributed by atoms with Crippen LogP contribution in [0.4, 0.5) is 5.69 Å². The van der Waals surface area contributed by atoms with Gasteiger partial charge in [-0.25, -0.2) is 9.36 Å². The summed E-state index contributed by atoms with van der Waals surface area (Å²) in [5.41, 5.74) is 0.963. The van der Waals surface area contributed by atoms with E-state index in [9.17, 15) is 19.2 Å². The molecule has 0 aliphatic rings. The van der Waals surface area contributed by atoms with E-state index in [1.54, 1.807) is 69.6 Å². The van der Waals surface area contributed by atoms with Crippen LogP contribution in [0.3, 0.4) is 0 Å². The number of amides is 2. The predicted molar refractivity (Wildman–Crippen MR) is 139 cm³/mol. The third-order valence-corrected chi connectivity index (χ3v) is 7.14. The largest absolute Gasteiger partial charge is 0.344 e. The van der Waals surface area contributed by atoms with E-state index in [-0.39, 0.29) is 22.7 Å². The third-order valence-electron chi connectivity index (χ3n) is 5.60. The van der Waals surface area contributed by atoms with E-state index in [1.807, 2.05) is 6.92 Å². The van der Waals surface area contributed by atoms with Gasteiger partial charge in [-0.15, -0.1) is 11.3 Å². The molecular formula is C25H23ClN4O4S. The van der Waals surface area contributed by atoms with E-state index in [0.717, 1.165) is 21.5 Å². The maximum Gasteiger partial charge on any atom is 0.337 e. The zero-order valence-electron chi connectivity index (χ0n) is 19.6. The summed E-state index contributed by atoms with van der Waals surface area (Å²) < 4.78 is 2.27. The van der Waals surface area contributed by atoms with Gasteiger partial charge in [0.25, 0.3) is 11.5 Å². The van der Waals surface area contributed by atoms with E-state index in [2.05, 4.69) is 5.32 Å². The number of benzene rings is 2. The molecule has 10 heteroatoms. The number of aromatic nitrogens is 2. The summed E-state index contributed by atoms with van der Waals surface area (Å²) in [6, 6.07) is 13.6. The number of fused-ring (bicyclic) bond motifs is 1. The summed E-state index contributed by atoms with van der Waals surface area (Å²) in [5.74, 6) is -0.754. The Morgan fingerprint density at radius 2 is 1.74 bits per heavy atom. The van der Waals surface area contributed by atoms with Gasteiger partial charge in [0.2, 0.25) is 5.91 Å². The Morgan fingerprint density at radius 1 is 1.06 bits per heavy atom. The van der Waals surface area contributed by atoms with Crippen LogP contribution in [-0.2, 0) is 11.3 Å². The highest BCUT2D eigenvalue weighted by molar-refractivity contribution is 7.20. The van der Waals surface area contributed by atoms with Crippen molar-refractivity contribution in [3.63, 3.8) is 0 Å². The first-order valence-electron chi connectivity index (χ1n) is 10.7. The zero-order chi connectivity index (χ0) is 25.4. The van der Waals surface area contributed by atoms with Crippen molar-refractivity contribution in [1.29, 1.82) is 0 Å². The van der Waals surface area contributed by atoms with Gasteiger partial charge in [0.05, 0.1) is 16.0 Å². The van der Waals surface area contributed by atoms with Gasteiger partial charge in [-0.1, -0.05) is 35.9 Å². The van der Waals surface area contributed by atoms with Crippen molar-refractivity contribution < 1.29 is 9.59 Å². The number of para-hydroxylation sites is 1. The summed E-state index contributed by atoms with van der Waals surface area (Å²) in [7, 11) is 3.23. The molecule has 0 saturated carbocycles. The van der Waals surface area contributed by atoms with Crippen LogP contribution in [0.2, 0.25) is 5.02 Å². The van der Waals surface area contributed by atoms with Crippen LogP contribution in [0.5, 0.6) is 0 Å². The lowest BCUT2D eigenvalue weighted by molar-refractivity contribution is -0.116. The molecule has 0 spiro atoms. The third kappa shape index (κ3) is 4.52. The van der Waals surface area contributed by atoms with Crippen molar-refractivity contribution in [2.24, 2.45) is 0 Å². The van der Waals surface area contributed by atoms with Crippen molar-refractivity contribution in [3.05, 3.63) is 90.4 Å². The zero-order valence-corrected chi connectivity index (χ0v) is 21.2. The Hall–Kier alpha value is -3.69. The molecule has 2 aromatic carbocycles. The molecule has 2 heterocycles. The van der Waals surface area contributed by atoms with E-state index in [0.29, 0.717) is 26.8 Å². The minimum Gasteiger partial charge on any atom is -0.344 e. The van der Waals surface area contributed by atoms with Crippen molar-refractivity contribution in [3.8, 4) is 5.69 Å². The Balaban J connectivity index is 1.92. The molecule has 180 valence electrons. The normalized spacial score (nSPS) is 11.0. The number of carbonyl (C=O) groups is 2. The molecule has 1 N–H and O–H groups in total. The molecule has 2 amide bonds. The average Bonchev–Trinajstić information content (AvgIpc) is 3.16. The van der Waals surface area contributed by atoms with Crippen molar-refractivity contribution >= 4 is 50.7 Å². The molecule has 35 heavy (non-hydrogen) atoms. The summed E-state index contributed by atoms with van der Waals surface area (Å²) >= 11 is 7.10. The molecule has 0 radical (unpaired) electrons. The summed E-state index contributed by atoms with van der Waals surface area (Å²) in [6.07, 6.45) is 0.